The number of carbonyl (C=O) groups is 1. The molecule has 1 aliphatic heterocycles. The minimum Gasteiger partial charge on any atom is -0.467 e. The van der Waals surface area contributed by atoms with Gasteiger partial charge in [-0.3, -0.25) is 4.57 Å². The van der Waals surface area contributed by atoms with Crippen LogP contribution in [0.2, 0.25) is 5.02 Å². The van der Waals surface area contributed by atoms with Crippen molar-refractivity contribution in [1.29, 1.82) is 0 Å². The molecule has 132 valence electrons. The first-order valence-corrected chi connectivity index (χ1v) is 8.60. The molecule has 7 heteroatoms. The Morgan fingerprint density at radius 1 is 1.23 bits per heavy atom. The van der Waals surface area contributed by atoms with E-state index in [2.05, 4.69) is 4.98 Å². The van der Waals surface area contributed by atoms with Crippen LogP contribution in [-0.2, 0) is 9.53 Å². The Hall–Kier alpha value is -2.86. The highest BCUT2D eigenvalue weighted by Crippen LogP contribution is 2.32. The summed E-state index contributed by atoms with van der Waals surface area (Å²) in [4.78, 5) is 30.9. The van der Waals surface area contributed by atoms with Gasteiger partial charge in [-0.25, -0.2) is 9.59 Å². The van der Waals surface area contributed by atoms with E-state index in [1.807, 2.05) is 36.4 Å². The van der Waals surface area contributed by atoms with Gasteiger partial charge in [0.05, 0.1) is 18.3 Å². The Morgan fingerprint density at radius 2 is 2.00 bits per heavy atom. The summed E-state index contributed by atoms with van der Waals surface area (Å²) >= 11 is 6.19. The van der Waals surface area contributed by atoms with Crippen molar-refractivity contribution in [2.45, 2.75) is 12.5 Å². The van der Waals surface area contributed by atoms with Crippen molar-refractivity contribution < 1.29 is 9.53 Å². The lowest BCUT2D eigenvalue weighted by atomic mass is 10.0. The number of carbonyl (C=O) groups excluding carboxylic acids is 1. The van der Waals surface area contributed by atoms with E-state index in [1.165, 1.54) is 11.7 Å². The standard InChI is InChI=1S/C19H16ClN3O3/c1-26-18(24)15-9-10-22(15)17-14-8-7-12(20)11-16(14)23(19(25)21-17)13-5-3-2-4-6-13/h2-8,11,15H,9-10H2,1H3. The highest BCUT2D eigenvalue weighted by molar-refractivity contribution is 6.31. The number of anilines is 1. The zero-order chi connectivity index (χ0) is 18.3. The highest BCUT2D eigenvalue weighted by Gasteiger charge is 2.37. The number of rotatable bonds is 3. The molecular weight excluding hydrogens is 354 g/mol. The number of ether oxygens (including phenoxy) is 1. The van der Waals surface area contributed by atoms with Gasteiger partial charge in [-0.05, 0) is 36.8 Å². The number of methoxy groups -OCH3 is 1. The van der Waals surface area contributed by atoms with Crippen LogP contribution in [0.3, 0.4) is 0 Å². The topological polar surface area (TPSA) is 64.4 Å². The molecule has 0 N–H and O–H groups in total. The lowest BCUT2D eigenvalue weighted by Crippen LogP contribution is -2.54. The zero-order valence-corrected chi connectivity index (χ0v) is 14.8. The Bertz CT molecular complexity index is 1050. The van der Waals surface area contributed by atoms with Crippen LogP contribution < -0.4 is 10.6 Å². The van der Waals surface area contributed by atoms with E-state index in [0.717, 1.165) is 5.39 Å². The van der Waals surface area contributed by atoms with E-state index < -0.39 is 11.7 Å². The number of aromatic nitrogens is 2. The van der Waals surface area contributed by atoms with Crippen LogP contribution in [0.15, 0.2) is 53.3 Å². The van der Waals surface area contributed by atoms with E-state index >= 15 is 0 Å². The van der Waals surface area contributed by atoms with Gasteiger partial charge in [-0.2, -0.15) is 4.98 Å². The molecule has 3 aromatic rings. The second kappa shape index (κ2) is 6.46. The number of benzene rings is 2. The van der Waals surface area contributed by atoms with E-state index in [-0.39, 0.29) is 5.97 Å². The van der Waals surface area contributed by atoms with Crippen molar-refractivity contribution in [3.05, 3.63) is 64.0 Å². The van der Waals surface area contributed by atoms with Crippen LogP contribution in [0.25, 0.3) is 16.6 Å². The lowest BCUT2D eigenvalue weighted by Gasteiger charge is -2.40. The molecule has 0 radical (unpaired) electrons. The molecule has 1 atom stereocenters. The fraction of sp³-hybridized carbons (Fsp3) is 0.211. The average Bonchev–Trinajstić information content (AvgIpc) is 2.61. The summed E-state index contributed by atoms with van der Waals surface area (Å²) in [6, 6.07) is 14.2. The van der Waals surface area contributed by atoms with Gasteiger partial charge >= 0.3 is 11.7 Å². The summed E-state index contributed by atoms with van der Waals surface area (Å²) in [5.74, 6) is 0.155. The van der Waals surface area contributed by atoms with Gasteiger partial charge in [0.15, 0.2) is 0 Å². The van der Waals surface area contributed by atoms with Crippen LogP contribution >= 0.6 is 11.6 Å². The second-order valence-corrected chi connectivity index (χ2v) is 6.51. The number of fused-ring (bicyclic) bond motifs is 1. The molecule has 1 aromatic heterocycles. The molecule has 26 heavy (non-hydrogen) atoms. The van der Waals surface area contributed by atoms with Crippen LogP contribution in [0.5, 0.6) is 0 Å². The summed E-state index contributed by atoms with van der Waals surface area (Å²) in [6.45, 7) is 0.638. The van der Waals surface area contributed by atoms with E-state index in [4.69, 9.17) is 16.3 Å². The molecule has 1 aliphatic rings. The number of esters is 1. The summed E-state index contributed by atoms with van der Waals surface area (Å²) in [5, 5.41) is 1.28. The summed E-state index contributed by atoms with van der Waals surface area (Å²) in [6.07, 6.45) is 0.672. The molecule has 2 aromatic carbocycles. The van der Waals surface area contributed by atoms with Crippen LogP contribution in [0.1, 0.15) is 6.42 Å². The molecule has 0 amide bonds. The molecule has 4 rings (SSSR count). The fourth-order valence-electron chi connectivity index (χ4n) is 3.25. The molecule has 0 aliphatic carbocycles. The minimum atomic E-state index is -0.420. The maximum atomic E-state index is 12.8. The minimum absolute atomic E-state index is 0.326. The number of para-hydroxylation sites is 1. The molecule has 2 heterocycles. The van der Waals surface area contributed by atoms with Gasteiger partial charge in [0, 0.05) is 17.0 Å². The third-order valence-corrected chi connectivity index (χ3v) is 4.85. The van der Waals surface area contributed by atoms with Crippen molar-refractivity contribution >= 4 is 34.3 Å². The molecule has 0 saturated carbocycles. The van der Waals surface area contributed by atoms with Crippen molar-refractivity contribution in [2.24, 2.45) is 0 Å². The largest absolute Gasteiger partial charge is 0.467 e. The normalized spacial score (nSPS) is 16.4. The quantitative estimate of drug-likeness (QED) is 0.664. The Balaban J connectivity index is 1.95. The molecule has 0 spiro atoms. The number of nitrogens with zero attached hydrogens (tertiary/aromatic N) is 3. The molecular formula is C19H16ClN3O3. The second-order valence-electron chi connectivity index (χ2n) is 6.07. The fourth-order valence-corrected chi connectivity index (χ4v) is 3.42. The number of halogens is 1. The summed E-state index contributed by atoms with van der Waals surface area (Å²) < 4.78 is 6.37. The predicted octanol–water partition coefficient (Wildman–Crippen LogP) is 2.79. The van der Waals surface area contributed by atoms with Gasteiger partial charge in [-0.1, -0.05) is 29.8 Å². The first kappa shape index (κ1) is 16.6. The lowest BCUT2D eigenvalue weighted by molar-refractivity contribution is -0.143. The number of hydrogen-bond donors (Lipinski definition) is 0. The maximum Gasteiger partial charge on any atom is 0.354 e. The van der Waals surface area contributed by atoms with E-state index in [9.17, 15) is 9.59 Å². The van der Waals surface area contributed by atoms with Gasteiger partial charge in [0.1, 0.15) is 11.9 Å². The van der Waals surface area contributed by atoms with E-state index in [1.54, 1.807) is 17.0 Å². The van der Waals surface area contributed by atoms with Crippen molar-refractivity contribution in [3.63, 3.8) is 0 Å². The van der Waals surface area contributed by atoms with Crippen molar-refractivity contribution in [3.8, 4) is 5.69 Å². The molecule has 6 nitrogen and oxygen atoms in total. The van der Waals surface area contributed by atoms with Crippen molar-refractivity contribution in [1.82, 2.24) is 9.55 Å². The van der Waals surface area contributed by atoms with Gasteiger partial charge in [0.2, 0.25) is 0 Å². The SMILES string of the molecule is COC(=O)C1CCN1c1nc(=O)n(-c2ccccc2)c2cc(Cl)ccc12. The first-order valence-electron chi connectivity index (χ1n) is 8.22. The predicted molar refractivity (Wildman–Crippen MR) is 100 cm³/mol. The highest BCUT2D eigenvalue weighted by atomic mass is 35.5. The molecule has 1 fully saturated rings. The number of hydrogen-bond acceptors (Lipinski definition) is 5. The maximum absolute atomic E-state index is 12.8. The van der Waals surface area contributed by atoms with E-state index in [0.29, 0.717) is 35.0 Å². The molecule has 1 unspecified atom stereocenters. The molecule has 0 bridgehead atoms. The van der Waals surface area contributed by atoms with Crippen LogP contribution in [-0.4, -0.2) is 35.2 Å². The summed E-state index contributed by atoms with van der Waals surface area (Å²) in [5.41, 5.74) is 0.933. The Kier molecular flexibility index (Phi) is 4.12. The average molecular weight is 370 g/mol. The van der Waals surface area contributed by atoms with Crippen LogP contribution in [0, 0.1) is 0 Å². The van der Waals surface area contributed by atoms with Crippen LogP contribution in [0.4, 0.5) is 5.82 Å². The monoisotopic (exact) mass is 369 g/mol. The molecule has 1 saturated heterocycles. The Morgan fingerprint density at radius 3 is 2.65 bits per heavy atom. The Labute approximate surface area is 154 Å². The third-order valence-electron chi connectivity index (χ3n) is 4.61. The zero-order valence-electron chi connectivity index (χ0n) is 14.1. The van der Waals surface area contributed by atoms with Gasteiger partial charge in [0.25, 0.3) is 0 Å². The first-order chi connectivity index (χ1) is 12.6. The van der Waals surface area contributed by atoms with Gasteiger partial charge in [-0.15, -0.1) is 0 Å². The third kappa shape index (κ3) is 2.63. The van der Waals surface area contributed by atoms with Gasteiger partial charge < -0.3 is 9.64 Å². The summed E-state index contributed by atoms with van der Waals surface area (Å²) in [7, 11) is 1.36. The van der Waals surface area contributed by atoms with Crippen molar-refractivity contribution in [2.75, 3.05) is 18.6 Å². The smallest absolute Gasteiger partial charge is 0.354 e.